The molecule has 0 unspecified atom stereocenters. The number of ether oxygens (including phenoxy) is 1. The molecule has 0 saturated carbocycles. The van der Waals surface area contributed by atoms with Crippen molar-refractivity contribution >= 4 is 61.7 Å². The van der Waals surface area contributed by atoms with Crippen LogP contribution < -0.4 is 21.1 Å². The van der Waals surface area contributed by atoms with Gasteiger partial charge >= 0.3 is 0 Å². The maximum atomic E-state index is 12.1. The number of aromatic nitrogens is 4. The Labute approximate surface area is 222 Å². The quantitative estimate of drug-likeness (QED) is 0.229. The Bertz CT molecular complexity index is 1570. The van der Waals surface area contributed by atoms with Crippen molar-refractivity contribution in [2.75, 3.05) is 11.9 Å². The van der Waals surface area contributed by atoms with Crippen molar-refractivity contribution in [3.63, 3.8) is 0 Å². The van der Waals surface area contributed by atoms with Crippen LogP contribution in [0.4, 0.5) is 11.5 Å². The van der Waals surface area contributed by atoms with E-state index in [1.165, 1.54) is 17.9 Å². The van der Waals surface area contributed by atoms with E-state index < -0.39 is 5.54 Å². The molecule has 11 heteroatoms. The van der Waals surface area contributed by atoms with E-state index in [0.717, 1.165) is 26.8 Å². The van der Waals surface area contributed by atoms with Gasteiger partial charge in [-0.15, -0.1) is 0 Å². The lowest BCUT2D eigenvalue weighted by Crippen LogP contribution is -2.39. The van der Waals surface area contributed by atoms with E-state index in [-0.39, 0.29) is 12.3 Å². The predicted octanol–water partition coefficient (Wildman–Crippen LogP) is 5.47. The van der Waals surface area contributed by atoms with Crippen molar-refractivity contribution in [2.45, 2.75) is 32.4 Å². The zero-order valence-corrected chi connectivity index (χ0v) is 21.9. The fourth-order valence-electron chi connectivity index (χ4n) is 3.97. The highest BCUT2D eigenvalue weighted by Crippen LogP contribution is 2.36. The molecule has 3 heterocycles. The van der Waals surface area contributed by atoms with Gasteiger partial charge in [-0.05, 0) is 61.8 Å². The van der Waals surface area contributed by atoms with Crippen molar-refractivity contribution < 1.29 is 9.53 Å². The summed E-state index contributed by atoms with van der Waals surface area (Å²) in [6.07, 6.45) is 5.48. The number of hydrogen-bond acceptors (Lipinski definition) is 8. The van der Waals surface area contributed by atoms with Crippen molar-refractivity contribution in [2.24, 2.45) is 5.73 Å². The normalized spacial score (nSPS) is 11.7. The van der Waals surface area contributed by atoms with Crippen molar-refractivity contribution in [1.82, 2.24) is 24.2 Å². The fourth-order valence-corrected chi connectivity index (χ4v) is 4.86. The third-order valence-electron chi connectivity index (χ3n) is 5.61. The van der Waals surface area contributed by atoms with Crippen LogP contribution in [0, 0.1) is 0 Å². The van der Waals surface area contributed by atoms with E-state index in [1.807, 2.05) is 61.0 Å². The number of carbonyl (C=O) groups is 1. The highest BCUT2D eigenvalue weighted by molar-refractivity contribution is 7.13. The van der Waals surface area contributed by atoms with Crippen molar-refractivity contribution in [1.29, 1.82) is 0 Å². The molecule has 5 aromatic rings. The number of halogens is 1. The van der Waals surface area contributed by atoms with Gasteiger partial charge in [-0.2, -0.15) is 4.37 Å². The van der Waals surface area contributed by atoms with Gasteiger partial charge in [0.05, 0.1) is 26.8 Å². The van der Waals surface area contributed by atoms with E-state index in [2.05, 4.69) is 25.0 Å². The maximum Gasteiger partial charge on any atom is 0.221 e. The van der Waals surface area contributed by atoms with Crippen LogP contribution >= 0.6 is 23.1 Å². The summed E-state index contributed by atoms with van der Waals surface area (Å²) in [6.45, 7) is 4.66. The van der Waals surface area contributed by atoms with Crippen LogP contribution in [-0.4, -0.2) is 36.9 Å². The average molecular weight is 536 g/mol. The van der Waals surface area contributed by atoms with Gasteiger partial charge in [-0.25, -0.2) is 9.97 Å². The zero-order valence-electron chi connectivity index (χ0n) is 20.4. The number of fused-ring (bicyclic) bond motifs is 2. The first-order chi connectivity index (χ1) is 17.8. The van der Waals surface area contributed by atoms with Gasteiger partial charge in [-0.1, -0.05) is 17.7 Å². The number of amides is 1. The molecule has 3 aromatic heterocycles. The Morgan fingerprint density at radius 1 is 1.19 bits per heavy atom. The molecule has 0 aliphatic carbocycles. The number of carbonyl (C=O) groups excluding carboxylic acids is 1. The number of rotatable bonds is 9. The summed E-state index contributed by atoms with van der Waals surface area (Å²) in [5.74, 6) is 1.79. The molecular weight excluding hydrogens is 510 g/mol. The van der Waals surface area contributed by atoms with Gasteiger partial charge in [0.15, 0.2) is 5.82 Å². The number of nitrogens with one attached hydrogen (secondary N) is 2. The zero-order chi connectivity index (χ0) is 26.0. The van der Waals surface area contributed by atoms with Gasteiger partial charge in [0.25, 0.3) is 0 Å². The highest BCUT2D eigenvalue weighted by atomic mass is 35.5. The minimum atomic E-state index is -0.550. The number of nitrogens with zero attached hydrogens (tertiary/aromatic N) is 4. The monoisotopic (exact) mass is 535 g/mol. The molecule has 0 aliphatic rings. The van der Waals surface area contributed by atoms with Crippen LogP contribution in [0.3, 0.4) is 0 Å². The Morgan fingerprint density at radius 3 is 2.86 bits per heavy atom. The number of nitrogens with two attached hydrogens (primary N) is 1. The standard InChI is InChI=1S/C26H26ClN7O2S/c1-26(2,28)13-23(35)29-9-11-34-10-8-19-24(34)25(31-15-30-19)33-16-6-7-21(18(27)12-16)36-20-4-3-5-22-17(20)14-32-37-22/h3-8,10,12,14-15H,9,11,13,28H2,1-2H3,(H,29,35)(H,30,31,33). The molecule has 37 heavy (non-hydrogen) atoms. The molecule has 0 fully saturated rings. The molecular formula is C26H26ClN7O2S. The SMILES string of the molecule is CC(C)(N)CC(=O)NCCn1ccc2ncnc(Nc3ccc(Oc4cccc5sncc45)c(Cl)c3)c21. The lowest BCUT2D eigenvalue weighted by molar-refractivity contribution is -0.122. The van der Waals surface area contributed by atoms with Gasteiger partial charge in [-0.3, -0.25) is 4.79 Å². The predicted molar refractivity (Wildman–Crippen MR) is 148 cm³/mol. The topological polar surface area (TPSA) is 120 Å². The summed E-state index contributed by atoms with van der Waals surface area (Å²) in [7, 11) is 0. The molecule has 5 rings (SSSR count). The molecule has 0 spiro atoms. The van der Waals surface area contributed by atoms with E-state index in [1.54, 1.807) is 12.3 Å². The van der Waals surface area contributed by atoms with Crippen LogP contribution in [0.25, 0.3) is 21.1 Å². The number of hydrogen-bond donors (Lipinski definition) is 3. The first kappa shape index (κ1) is 24.9. The molecule has 190 valence electrons. The maximum absolute atomic E-state index is 12.1. The van der Waals surface area contributed by atoms with E-state index in [4.69, 9.17) is 22.1 Å². The molecule has 9 nitrogen and oxygen atoms in total. The first-order valence-corrected chi connectivity index (χ1v) is 12.9. The van der Waals surface area contributed by atoms with Crippen molar-refractivity contribution in [3.05, 3.63) is 66.2 Å². The van der Waals surface area contributed by atoms with Gasteiger partial charge < -0.3 is 25.7 Å². The van der Waals surface area contributed by atoms with Gasteiger partial charge in [0, 0.05) is 36.9 Å². The lowest BCUT2D eigenvalue weighted by atomic mass is 10.0. The van der Waals surface area contributed by atoms with E-state index in [0.29, 0.717) is 35.4 Å². The Balaban J connectivity index is 1.31. The molecule has 0 aliphatic heterocycles. The van der Waals surface area contributed by atoms with Crippen LogP contribution in [0.2, 0.25) is 5.02 Å². The van der Waals surface area contributed by atoms with Crippen LogP contribution in [0.15, 0.2) is 61.2 Å². The summed E-state index contributed by atoms with van der Waals surface area (Å²) >= 11 is 8.00. The third kappa shape index (κ3) is 5.82. The second kappa shape index (κ2) is 10.3. The third-order valence-corrected chi connectivity index (χ3v) is 6.67. The molecule has 0 bridgehead atoms. The Hall–Kier alpha value is -3.73. The second-order valence-electron chi connectivity index (χ2n) is 9.35. The number of anilines is 2. The summed E-state index contributed by atoms with van der Waals surface area (Å²) < 4.78 is 13.4. The van der Waals surface area contributed by atoms with Crippen LogP contribution in [0.5, 0.6) is 11.5 Å². The van der Waals surface area contributed by atoms with Crippen LogP contribution in [-0.2, 0) is 11.3 Å². The Morgan fingerprint density at radius 2 is 2.05 bits per heavy atom. The molecule has 1 amide bonds. The van der Waals surface area contributed by atoms with Gasteiger partial charge in [0.2, 0.25) is 5.91 Å². The molecule has 4 N–H and O–H groups in total. The fraction of sp³-hybridized carbons (Fsp3) is 0.231. The minimum absolute atomic E-state index is 0.0815. The second-order valence-corrected chi connectivity index (χ2v) is 10.6. The number of benzene rings is 2. The largest absolute Gasteiger partial charge is 0.455 e. The Kier molecular flexibility index (Phi) is 6.96. The molecule has 0 atom stereocenters. The van der Waals surface area contributed by atoms with Crippen molar-refractivity contribution in [3.8, 4) is 11.5 Å². The smallest absolute Gasteiger partial charge is 0.221 e. The highest BCUT2D eigenvalue weighted by Gasteiger charge is 2.16. The average Bonchev–Trinajstić information content (AvgIpc) is 3.48. The van der Waals surface area contributed by atoms with E-state index >= 15 is 0 Å². The summed E-state index contributed by atoms with van der Waals surface area (Å²) in [5.41, 5.74) is 7.75. The first-order valence-electron chi connectivity index (χ1n) is 11.7. The molecule has 2 aromatic carbocycles. The van der Waals surface area contributed by atoms with Crippen LogP contribution in [0.1, 0.15) is 20.3 Å². The summed E-state index contributed by atoms with van der Waals surface area (Å²) in [5, 5.41) is 7.65. The molecule has 0 saturated heterocycles. The minimum Gasteiger partial charge on any atom is -0.455 e. The molecule has 0 radical (unpaired) electrons. The summed E-state index contributed by atoms with van der Waals surface area (Å²) in [6, 6.07) is 13.2. The van der Waals surface area contributed by atoms with E-state index in [9.17, 15) is 4.79 Å². The lowest BCUT2D eigenvalue weighted by Gasteiger charge is -2.17. The van der Waals surface area contributed by atoms with Gasteiger partial charge in [0.1, 0.15) is 23.3 Å². The summed E-state index contributed by atoms with van der Waals surface area (Å²) in [4.78, 5) is 20.9.